The van der Waals surface area contributed by atoms with Crippen LogP contribution in [0.5, 0.6) is 0 Å². The van der Waals surface area contributed by atoms with E-state index in [-0.39, 0.29) is 6.04 Å². The summed E-state index contributed by atoms with van der Waals surface area (Å²) in [6.07, 6.45) is 9.37. The molecule has 0 amide bonds. The highest BCUT2D eigenvalue weighted by Gasteiger charge is 2.18. The summed E-state index contributed by atoms with van der Waals surface area (Å²) in [5, 5.41) is 3.57. The lowest BCUT2D eigenvalue weighted by Crippen LogP contribution is -2.25. The van der Waals surface area contributed by atoms with Gasteiger partial charge in [-0.3, -0.25) is 9.97 Å². The van der Waals surface area contributed by atoms with Gasteiger partial charge in [0.1, 0.15) is 0 Å². The van der Waals surface area contributed by atoms with Gasteiger partial charge in [0, 0.05) is 36.0 Å². The molecule has 106 valence electrons. The van der Waals surface area contributed by atoms with Crippen LogP contribution in [0, 0.1) is 0 Å². The average molecular weight is 270 g/mol. The first-order valence-corrected chi connectivity index (χ1v) is 7.13. The standard InChI is InChI=1S/C16H22N4/c1-3-7-20-16(14-11-19-9-6-15(14)17)13-5-8-18-10-12(13)4-2/h5-6,8-11,16,20H,3-4,7H2,1-2H3,(H2,17,19). The molecule has 0 saturated heterocycles. The molecule has 4 nitrogen and oxygen atoms in total. The number of nitrogens with one attached hydrogen (secondary N) is 1. The fourth-order valence-electron chi connectivity index (χ4n) is 2.35. The molecule has 0 saturated carbocycles. The average Bonchev–Trinajstić information content (AvgIpc) is 2.49. The van der Waals surface area contributed by atoms with E-state index in [1.165, 1.54) is 11.1 Å². The zero-order chi connectivity index (χ0) is 14.4. The summed E-state index contributed by atoms with van der Waals surface area (Å²) in [4.78, 5) is 8.44. The fourth-order valence-corrected chi connectivity index (χ4v) is 2.35. The van der Waals surface area contributed by atoms with Crippen LogP contribution < -0.4 is 11.1 Å². The summed E-state index contributed by atoms with van der Waals surface area (Å²) in [5.41, 5.74) is 10.4. The molecule has 20 heavy (non-hydrogen) atoms. The van der Waals surface area contributed by atoms with E-state index in [1.54, 1.807) is 6.20 Å². The van der Waals surface area contributed by atoms with Crippen molar-refractivity contribution in [3.05, 3.63) is 53.6 Å². The molecule has 0 aromatic carbocycles. The molecule has 0 bridgehead atoms. The van der Waals surface area contributed by atoms with Crippen molar-refractivity contribution < 1.29 is 0 Å². The van der Waals surface area contributed by atoms with Crippen molar-refractivity contribution in [2.45, 2.75) is 32.7 Å². The number of aromatic nitrogens is 2. The number of pyridine rings is 2. The lowest BCUT2D eigenvalue weighted by molar-refractivity contribution is 0.593. The minimum atomic E-state index is 0.0709. The van der Waals surface area contributed by atoms with Gasteiger partial charge in [0.15, 0.2) is 0 Å². The summed E-state index contributed by atoms with van der Waals surface area (Å²) in [7, 11) is 0. The van der Waals surface area contributed by atoms with Crippen LogP contribution >= 0.6 is 0 Å². The second-order valence-electron chi connectivity index (χ2n) is 4.82. The van der Waals surface area contributed by atoms with Crippen LogP contribution in [0.4, 0.5) is 5.69 Å². The molecule has 0 radical (unpaired) electrons. The predicted octanol–water partition coefficient (Wildman–Crippen LogP) is 2.71. The van der Waals surface area contributed by atoms with Gasteiger partial charge >= 0.3 is 0 Å². The van der Waals surface area contributed by atoms with Gasteiger partial charge in [-0.1, -0.05) is 13.8 Å². The molecule has 4 heteroatoms. The number of rotatable bonds is 6. The maximum atomic E-state index is 6.13. The Hall–Kier alpha value is -1.94. The van der Waals surface area contributed by atoms with Crippen LogP contribution in [0.15, 0.2) is 36.9 Å². The minimum absolute atomic E-state index is 0.0709. The number of hydrogen-bond donors (Lipinski definition) is 2. The minimum Gasteiger partial charge on any atom is -0.398 e. The third kappa shape index (κ3) is 3.14. The normalized spacial score (nSPS) is 12.3. The van der Waals surface area contributed by atoms with Crippen molar-refractivity contribution >= 4 is 5.69 Å². The summed E-state index contributed by atoms with van der Waals surface area (Å²) in [6, 6.07) is 3.99. The van der Waals surface area contributed by atoms with Crippen molar-refractivity contribution in [2.75, 3.05) is 12.3 Å². The van der Waals surface area contributed by atoms with Crippen molar-refractivity contribution in [1.29, 1.82) is 0 Å². The molecule has 3 N–H and O–H groups in total. The Kier molecular flexibility index (Phi) is 5.07. The molecule has 2 aromatic rings. The molecule has 0 aliphatic rings. The van der Waals surface area contributed by atoms with E-state index in [0.29, 0.717) is 0 Å². The number of hydrogen-bond acceptors (Lipinski definition) is 4. The summed E-state index contributed by atoms with van der Waals surface area (Å²) in [5.74, 6) is 0. The Morgan fingerprint density at radius 2 is 1.85 bits per heavy atom. The molecule has 2 heterocycles. The highest BCUT2D eigenvalue weighted by atomic mass is 14.9. The van der Waals surface area contributed by atoms with Gasteiger partial charge in [0.25, 0.3) is 0 Å². The van der Waals surface area contributed by atoms with E-state index in [1.807, 2.05) is 24.7 Å². The number of nitrogens with zero attached hydrogens (tertiary/aromatic N) is 2. The van der Waals surface area contributed by atoms with Crippen LogP contribution in [0.25, 0.3) is 0 Å². The van der Waals surface area contributed by atoms with Gasteiger partial charge in [-0.05, 0) is 42.6 Å². The van der Waals surface area contributed by atoms with Crippen molar-refractivity contribution in [1.82, 2.24) is 15.3 Å². The second-order valence-corrected chi connectivity index (χ2v) is 4.82. The smallest absolute Gasteiger partial charge is 0.0616 e. The van der Waals surface area contributed by atoms with Gasteiger partial charge < -0.3 is 11.1 Å². The van der Waals surface area contributed by atoms with E-state index in [4.69, 9.17) is 5.73 Å². The molecule has 0 fully saturated rings. The maximum absolute atomic E-state index is 6.13. The lowest BCUT2D eigenvalue weighted by Gasteiger charge is -2.22. The van der Waals surface area contributed by atoms with Crippen LogP contribution in [-0.2, 0) is 6.42 Å². The van der Waals surface area contributed by atoms with Gasteiger partial charge in [-0.25, -0.2) is 0 Å². The van der Waals surface area contributed by atoms with Crippen LogP contribution in [-0.4, -0.2) is 16.5 Å². The summed E-state index contributed by atoms with van der Waals surface area (Å²) >= 11 is 0. The molecular weight excluding hydrogens is 248 g/mol. The van der Waals surface area contributed by atoms with Gasteiger partial charge in [-0.2, -0.15) is 0 Å². The third-order valence-corrected chi connectivity index (χ3v) is 3.43. The summed E-state index contributed by atoms with van der Waals surface area (Å²) in [6.45, 7) is 5.23. The Morgan fingerprint density at radius 1 is 1.10 bits per heavy atom. The molecule has 1 unspecified atom stereocenters. The van der Waals surface area contributed by atoms with Crippen molar-refractivity contribution in [3.63, 3.8) is 0 Å². The maximum Gasteiger partial charge on any atom is 0.0616 e. The topological polar surface area (TPSA) is 63.8 Å². The quantitative estimate of drug-likeness (QED) is 0.847. The van der Waals surface area contributed by atoms with Crippen LogP contribution in [0.3, 0.4) is 0 Å². The number of anilines is 1. The first kappa shape index (κ1) is 14.5. The Morgan fingerprint density at radius 3 is 2.55 bits per heavy atom. The number of nitrogen functional groups attached to an aromatic ring is 1. The van der Waals surface area contributed by atoms with Crippen LogP contribution in [0.2, 0.25) is 0 Å². The first-order valence-electron chi connectivity index (χ1n) is 7.13. The molecule has 1 atom stereocenters. The highest BCUT2D eigenvalue weighted by Crippen LogP contribution is 2.28. The largest absolute Gasteiger partial charge is 0.398 e. The first-order chi connectivity index (χ1) is 9.77. The molecular formula is C16H22N4. The SMILES string of the molecule is CCCNC(c1cnccc1N)c1ccncc1CC. The molecule has 0 spiro atoms. The van der Waals surface area contributed by atoms with Gasteiger partial charge in [-0.15, -0.1) is 0 Å². The Bertz CT molecular complexity index is 554. The monoisotopic (exact) mass is 270 g/mol. The van der Waals surface area contributed by atoms with Crippen molar-refractivity contribution in [3.8, 4) is 0 Å². The van der Waals surface area contributed by atoms with E-state index in [2.05, 4.69) is 35.2 Å². The van der Waals surface area contributed by atoms with E-state index >= 15 is 0 Å². The Labute approximate surface area is 120 Å². The molecule has 2 rings (SSSR count). The van der Waals surface area contributed by atoms with E-state index < -0.39 is 0 Å². The Balaban J connectivity index is 2.44. The lowest BCUT2D eigenvalue weighted by atomic mass is 9.94. The number of nitrogens with two attached hydrogens (primary N) is 1. The number of aryl methyl sites for hydroxylation is 1. The van der Waals surface area contributed by atoms with E-state index in [0.717, 1.165) is 30.6 Å². The molecule has 0 aliphatic heterocycles. The molecule has 2 aromatic heterocycles. The van der Waals surface area contributed by atoms with Crippen LogP contribution in [0.1, 0.15) is 43.0 Å². The predicted molar refractivity (Wildman–Crippen MR) is 82.4 cm³/mol. The van der Waals surface area contributed by atoms with Gasteiger partial charge in [0.05, 0.1) is 6.04 Å². The summed E-state index contributed by atoms with van der Waals surface area (Å²) < 4.78 is 0. The van der Waals surface area contributed by atoms with E-state index in [9.17, 15) is 0 Å². The highest BCUT2D eigenvalue weighted by molar-refractivity contribution is 5.50. The zero-order valence-electron chi connectivity index (χ0n) is 12.1. The van der Waals surface area contributed by atoms with Crippen molar-refractivity contribution in [2.24, 2.45) is 0 Å². The second kappa shape index (κ2) is 7.01. The fraction of sp³-hybridized carbons (Fsp3) is 0.375. The third-order valence-electron chi connectivity index (χ3n) is 3.43. The molecule has 0 aliphatic carbocycles. The zero-order valence-corrected chi connectivity index (χ0v) is 12.1. The van der Waals surface area contributed by atoms with Gasteiger partial charge in [0.2, 0.25) is 0 Å².